The molecule has 0 saturated carbocycles. The Hall–Kier alpha value is -1.85. The van der Waals surface area contributed by atoms with Gasteiger partial charge in [0.15, 0.2) is 0 Å². The van der Waals surface area contributed by atoms with Crippen molar-refractivity contribution >= 4 is 40.6 Å². The number of amides is 1. The van der Waals surface area contributed by atoms with Crippen LogP contribution in [0.15, 0.2) is 30.6 Å². The number of carbonyl (C=O) groups is 1. The van der Waals surface area contributed by atoms with Crippen LogP contribution in [0.4, 0.5) is 11.5 Å². The Labute approximate surface area is 138 Å². The zero-order chi connectivity index (χ0) is 15.5. The Balaban J connectivity index is 1.80. The lowest BCUT2D eigenvalue weighted by Gasteiger charge is -2.16. The fourth-order valence-corrected chi connectivity index (χ4v) is 2.72. The third-order valence-electron chi connectivity index (χ3n) is 3.52. The van der Waals surface area contributed by atoms with Crippen molar-refractivity contribution in [2.45, 2.75) is 12.8 Å². The van der Waals surface area contributed by atoms with Crippen molar-refractivity contribution in [3.05, 3.63) is 46.3 Å². The summed E-state index contributed by atoms with van der Waals surface area (Å²) in [5, 5.41) is 3.42. The molecule has 5 nitrogen and oxygen atoms in total. The van der Waals surface area contributed by atoms with Crippen molar-refractivity contribution in [2.75, 3.05) is 23.3 Å². The van der Waals surface area contributed by atoms with Crippen molar-refractivity contribution in [3.8, 4) is 0 Å². The average molecular weight is 337 g/mol. The molecule has 1 aromatic heterocycles. The minimum Gasteiger partial charge on any atom is -0.357 e. The number of halogens is 2. The fourth-order valence-electron chi connectivity index (χ4n) is 2.38. The monoisotopic (exact) mass is 336 g/mol. The second-order valence-corrected chi connectivity index (χ2v) is 5.80. The summed E-state index contributed by atoms with van der Waals surface area (Å²) in [6.45, 7) is 1.91. The lowest BCUT2D eigenvalue weighted by molar-refractivity contribution is 0.102. The first kappa shape index (κ1) is 15.1. The largest absolute Gasteiger partial charge is 0.357 e. The maximum absolute atomic E-state index is 12.3. The van der Waals surface area contributed by atoms with E-state index in [0.717, 1.165) is 31.7 Å². The van der Waals surface area contributed by atoms with E-state index < -0.39 is 0 Å². The Morgan fingerprint density at radius 2 is 1.95 bits per heavy atom. The van der Waals surface area contributed by atoms with Gasteiger partial charge in [-0.2, -0.15) is 0 Å². The highest BCUT2D eigenvalue weighted by atomic mass is 35.5. The van der Waals surface area contributed by atoms with Crippen molar-refractivity contribution in [1.82, 2.24) is 9.97 Å². The third-order valence-corrected chi connectivity index (χ3v) is 4.33. The van der Waals surface area contributed by atoms with Crippen LogP contribution in [0, 0.1) is 0 Å². The predicted molar refractivity (Wildman–Crippen MR) is 87.9 cm³/mol. The van der Waals surface area contributed by atoms with E-state index in [2.05, 4.69) is 20.2 Å². The summed E-state index contributed by atoms with van der Waals surface area (Å²) < 4.78 is 0. The van der Waals surface area contributed by atoms with Crippen LogP contribution in [-0.4, -0.2) is 29.0 Å². The van der Waals surface area contributed by atoms with Gasteiger partial charge in [0.1, 0.15) is 17.8 Å². The molecule has 1 fully saturated rings. The van der Waals surface area contributed by atoms with Crippen LogP contribution < -0.4 is 10.2 Å². The number of rotatable bonds is 3. The van der Waals surface area contributed by atoms with E-state index in [1.807, 2.05) is 0 Å². The van der Waals surface area contributed by atoms with Gasteiger partial charge in [-0.25, -0.2) is 9.97 Å². The molecule has 0 bridgehead atoms. The van der Waals surface area contributed by atoms with Crippen LogP contribution >= 0.6 is 23.2 Å². The normalized spacial score (nSPS) is 14.2. The number of nitrogens with one attached hydrogen (secondary N) is 1. The molecule has 0 radical (unpaired) electrons. The number of hydrogen-bond donors (Lipinski definition) is 1. The van der Waals surface area contributed by atoms with Gasteiger partial charge in [0.05, 0.1) is 15.7 Å². The molecule has 0 unspecified atom stereocenters. The van der Waals surface area contributed by atoms with E-state index in [0.29, 0.717) is 21.4 Å². The van der Waals surface area contributed by atoms with Crippen LogP contribution in [0.2, 0.25) is 10.0 Å². The van der Waals surface area contributed by atoms with Gasteiger partial charge in [-0.05, 0) is 25.0 Å². The summed E-state index contributed by atoms with van der Waals surface area (Å²) in [5.74, 6) is 0.432. The van der Waals surface area contributed by atoms with Crippen molar-refractivity contribution in [1.29, 1.82) is 0 Å². The van der Waals surface area contributed by atoms with E-state index in [-0.39, 0.29) is 5.91 Å². The van der Waals surface area contributed by atoms with Gasteiger partial charge in [0, 0.05) is 19.2 Å². The van der Waals surface area contributed by atoms with Crippen LogP contribution in [-0.2, 0) is 0 Å². The number of hydrogen-bond acceptors (Lipinski definition) is 4. The molecular formula is C15H14Cl2N4O. The molecule has 1 aromatic carbocycles. The van der Waals surface area contributed by atoms with Gasteiger partial charge in [-0.1, -0.05) is 29.3 Å². The van der Waals surface area contributed by atoms with E-state index in [9.17, 15) is 4.79 Å². The zero-order valence-electron chi connectivity index (χ0n) is 11.7. The van der Waals surface area contributed by atoms with Crippen LogP contribution in [0.1, 0.15) is 23.3 Å². The summed E-state index contributed by atoms with van der Waals surface area (Å²) in [7, 11) is 0. The number of benzene rings is 1. The number of aromatic nitrogens is 2. The van der Waals surface area contributed by atoms with E-state index in [1.165, 1.54) is 6.33 Å². The molecule has 114 valence electrons. The molecule has 1 N–H and O–H groups in total. The summed E-state index contributed by atoms with van der Waals surface area (Å²) in [6, 6.07) is 6.77. The molecule has 1 amide bonds. The van der Waals surface area contributed by atoms with Crippen molar-refractivity contribution < 1.29 is 4.79 Å². The Morgan fingerprint density at radius 3 is 2.73 bits per heavy atom. The van der Waals surface area contributed by atoms with Crippen LogP contribution in [0.3, 0.4) is 0 Å². The summed E-state index contributed by atoms with van der Waals surface area (Å²) in [4.78, 5) is 22.7. The molecule has 0 aliphatic carbocycles. The Morgan fingerprint density at radius 1 is 1.18 bits per heavy atom. The fraction of sp³-hybridized carbons (Fsp3) is 0.267. The Bertz CT molecular complexity index is 702. The van der Waals surface area contributed by atoms with Gasteiger partial charge in [0.25, 0.3) is 5.91 Å². The molecule has 1 aliphatic rings. The number of carbonyl (C=O) groups excluding carboxylic acids is 1. The van der Waals surface area contributed by atoms with Gasteiger partial charge < -0.3 is 10.2 Å². The van der Waals surface area contributed by atoms with E-state index in [4.69, 9.17) is 23.2 Å². The minimum absolute atomic E-state index is 0.299. The molecular weight excluding hydrogens is 323 g/mol. The quantitative estimate of drug-likeness (QED) is 0.929. The highest BCUT2D eigenvalue weighted by Crippen LogP contribution is 2.29. The third kappa shape index (κ3) is 3.15. The molecule has 0 atom stereocenters. The molecule has 3 rings (SSSR count). The molecule has 7 heteroatoms. The summed E-state index contributed by atoms with van der Waals surface area (Å²) >= 11 is 12.0. The standard InChI is InChI=1S/C15H14Cl2N4O/c16-10-4-3-5-11(14(10)17)20-15(22)12-8-13(19-9-18-12)21-6-1-2-7-21/h3-5,8-9H,1-2,6-7H2,(H,20,22). The highest BCUT2D eigenvalue weighted by Gasteiger charge is 2.17. The smallest absolute Gasteiger partial charge is 0.274 e. The van der Waals surface area contributed by atoms with E-state index >= 15 is 0 Å². The first-order valence-corrected chi connectivity index (χ1v) is 7.73. The van der Waals surface area contributed by atoms with Gasteiger partial charge in [-0.3, -0.25) is 4.79 Å². The second-order valence-electron chi connectivity index (χ2n) is 5.01. The second kappa shape index (κ2) is 6.50. The maximum Gasteiger partial charge on any atom is 0.274 e. The lowest BCUT2D eigenvalue weighted by atomic mass is 10.3. The molecule has 1 aliphatic heterocycles. The zero-order valence-corrected chi connectivity index (χ0v) is 13.2. The molecule has 0 spiro atoms. The SMILES string of the molecule is O=C(Nc1cccc(Cl)c1Cl)c1cc(N2CCCC2)ncn1. The molecule has 2 heterocycles. The molecule has 1 saturated heterocycles. The van der Waals surface area contributed by atoms with Crippen LogP contribution in [0.25, 0.3) is 0 Å². The maximum atomic E-state index is 12.3. The summed E-state index contributed by atoms with van der Waals surface area (Å²) in [5.41, 5.74) is 0.758. The number of anilines is 2. The highest BCUT2D eigenvalue weighted by molar-refractivity contribution is 6.44. The first-order chi connectivity index (χ1) is 10.6. The van der Waals surface area contributed by atoms with Crippen molar-refractivity contribution in [3.63, 3.8) is 0 Å². The molecule has 2 aromatic rings. The van der Waals surface area contributed by atoms with Crippen molar-refractivity contribution in [2.24, 2.45) is 0 Å². The average Bonchev–Trinajstić information content (AvgIpc) is 3.06. The predicted octanol–water partition coefficient (Wildman–Crippen LogP) is 3.64. The topological polar surface area (TPSA) is 58.1 Å². The van der Waals surface area contributed by atoms with Crippen LogP contribution in [0.5, 0.6) is 0 Å². The van der Waals surface area contributed by atoms with Gasteiger partial charge in [-0.15, -0.1) is 0 Å². The minimum atomic E-state index is -0.341. The summed E-state index contributed by atoms with van der Waals surface area (Å²) in [6.07, 6.45) is 3.69. The first-order valence-electron chi connectivity index (χ1n) is 6.97. The lowest BCUT2D eigenvalue weighted by Crippen LogP contribution is -2.21. The molecule has 22 heavy (non-hydrogen) atoms. The van der Waals surface area contributed by atoms with Gasteiger partial charge in [0.2, 0.25) is 0 Å². The van der Waals surface area contributed by atoms with Gasteiger partial charge >= 0.3 is 0 Å². The Kier molecular flexibility index (Phi) is 4.45. The van der Waals surface area contributed by atoms with E-state index in [1.54, 1.807) is 24.3 Å². The number of nitrogens with zero attached hydrogens (tertiary/aromatic N) is 3.